The van der Waals surface area contributed by atoms with E-state index in [-0.39, 0.29) is 13.2 Å². The Morgan fingerprint density at radius 3 is 1.45 bits per heavy atom. The summed E-state index contributed by atoms with van der Waals surface area (Å²) < 4.78 is 24.0. The summed E-state index contributed by atoms with van der Waals surface area (Å²) in [5.41, 5.74) is -1.08. The van der Waals surface area contributed by atoms with E-state index >= 15 is 0 Å². The number of hydrogen-bond donors (Lipinski definition) is 0. The van der Waals surface area contributed by atoms with E-state index in [4.69, 9.17) is 9.47 Å². The first-order chi connectivity index (χ1) is 14.8. The van der Waals surface area contributed by atoms with Gasteiger partial charge in [-0.3, -0.25) is 9.59 Å². The molecule has 8 heteroatoms. The monoisotopic (exact) mass is 480 g/mol. The molecule has 0 fully saturated rings. The number of carbonyl (C=O) groups is 2. The third-order valence-corrected chi connectivity index (χ3v) is 11.6. The van der Waals surface area contributed by atoms with Crippen LogP contribution in [0.3, 0.4) is 0 Å². The van der Waals surface area contributed by atoms with Crippen molar-refractivity contribution in [3.8, 4) is 0 Å². The molecule has 168 valence electrons. The quantitative estimate of drug-likeness (QED) is 0.288. The summed E-state index contributed by atoms with van der Waals surface area (Å²) in [5.74, 6) is -0.787. The first kappa shape index (κ1) is 25.6. The minimum atomic E-state index is -3.00. The van der Waals surface area contributed by atoms with Gasteiger partial charge in [-0.1, -0.05) is 83.4 Å². The van der Waals surface area contributed by atoms with Crippen molar-refractivity contribution >= 4 is 40.2 Å². The molecule has 0 aromatic heterocycles. The molecule has 0 bridgehead atoms. The van der Waals surface area contributed by atoms with Crippen LogP contribution < -0.4 is 0 Å². The van der Waals surface area contributed by atoms with Crippen molar-refractivity contribution in [2.24, 2.45) is 0 Å². The van der Waals surface area contributed by atoms with Crippen molar-refractivity contribution in [2.45, 2.75) is 37.2 Å². The largest absolute Gasteiger partial charge is 0.465 e. The summed E-state index contributed by atoms with van der Waals surface area (Å²) in [5, 5.41) is -1.24. The number of rotatable bonds is 12. The van der Waals surface area contributed by atoms with Gasteiger partial charge < -0.3 is 14.0 Å². The second-order valence-corrected chi connectivity index (χ2v) is 16.1. The van der Waals surface area contributed by atoms with Crippen LogP contribution in [0.15, 0.2) is 60.7 Å². The average Bonchev–Trinajstić information content (AvgIpc) is 2.74. The van der Waals surface area contributed by atoms with Crippen LogP contribution in [0.25, 0.3) is 0 Å². The third kappa shape index (κ3) is 9.14. The smallest absolute Gasteiger partial charge is 0.319 e. The Balaban J connectivity index is 2.17. The Labute approximate surface area is 192 Å². The zero-order valence-electron chi connectivity index (χ0n) is 18.1. The normalized spacial score (nSPS) is 14.8. The molecule has 0 saturated heterocycles. The van der Waals surface area contributed by atoms with Gasteiger partial charge in [0, 0.05) is 6.66 Å². The molecule has 2 aromatic rings. The van der Waals surface area contributed by atoms with Gasteiger partial charge in [0.15, 0.2) is 5.55 Å². The van der Waals surface area contributed by atoms with Crippen LogP contribution in [-0.2, 0) is 36.5 Å². The molecule has 0 heterocycles. The summed E-state index contributed by atoms with van der Waals surface area (Å²) in [6, 6.07) is 19.1. The number of ether oxygens (including phenoxy) is 2. The fourth-order valence-corrected chi connectivity index (χ4v) is 11.0. The molecule has 2 rings (SSSR count). The predicted octanol–water partition coefficient (Wildman–Crippen LogP) is 5.62. The van der Waals surface area contributed by atoms with Crippen molar-refractivity contribution in [3.05, 3.63) is 71.8 Å². The van der Waals surface area contributed by atoms with Crippen molar-refractivity contribution in [1.29, 1.82) is 0 Å². The lowest BCUT2D eigenvalue weighted by Gasteiger charge is -2.23. The molecular formula is C23H29O5PS2. The van der Waals surface area contributed by atoms with E-state index in [9.17, 15) is 14.2 Å². The van der Waals surface area contributed by atoms with E-state index in [1.807, 2.05) is 60.7 Å². The van der Waals surface area contributed by atoms with Crippen molar-refractivity contribution < 1.29 is 23.6 Å². The lowest BCUT2D eigenvalue weighted by Crippen LogP contribution is -2.24. The molecule has 0 saturated carbocycles. The Bertz CT molecular complexity index is 807. The van der Waals surface area contributed by atoms with Crippen molar-refractivity contribution in [3.63, 3.8) is 0 Å². The minimum Gasteiger partial charge on any atom is -0.465 e. The predicted molar refractivity (Wildman–Crippen MR) is 130 cm³/mol. The van der Waals surface area contributed by atoms with Gasteiger partial charge in [0.2, 0.25) is 0 Å². The molecule has 0 aliphatic heterocycles. The lowest BCUT2D eigenvalue weighted by atomic mass is 10.1. The molecule has 2 aromatic carbocycles. The van der Waals surface area contributed by atoms with Gasteiger partial charge in [-0.2, -0.15) is 0 Å². The second-order valence-electron chi connectivity index (χ2n) is 6.84. The average molecular weight is 481 g/mol. The van der Waals surface area contributed by atoms with Gasteiger partial charge in [0.05, 0.1) is 13.2 Å². The molecule has 0 spiro atoms. The maximum Gasteiger partial charge on any atom is 0.319 e. The fraction of sp³-hybridized carbons (Fsp3) is 0.391. The van der Waals surface area contributed by atoms with Crippen LogP contribution in [0.2, 0.25) is 0 Å². The van der Waals surface area contributed by atoms with E-state index < -0.39 is 28.0 Å². The highest BCUT2D eigenvalue weighted by molar-refractivity contribution is 8.90. The van der Waals surface area contributed by atoms with Crippen LogP contribution in [0.4, 0.5) is 0 Å². The molecule has 0 amide bonds. The standard InChI is InChI=1S/C23H29O5PS2/c1-4-27-22(24)20(16-18-12-8-6-9-13-18)30-29(3,26)31-21(23(25)28-5-2)17-19-14-10-7-11-15-19/h6-15,20-21H,4-5,16-17H2,1-3H3. The molecule has 2 atom stereocenters. The van der Waals surface area contributed by atoms with Crippen LogP contribution >= 0.6 is 28.3 Å². The maximum atomic E-state index is 13.5. The van der Waals surface area contributed by atoms with Gasteiger partial charge in [0.1, 0.15) is 10.5 Å². The Morgan fingerprint density at radius 1 is 0.774 bits per heavy atom. The highest BCUT2D eigenvalue weighted by Crippen LogP contribution is 2.69. The molecular weight excluding hydrogens is 451 g/mol. The SMILES string of the molecule is CCOC(=O)C(Cc1ccccc1)SP(C)(=O)SC(Cc1ccccc1)C(=O)OCC. The van der Waals surface area contributed by atoms with E-state index in [0.29, 0.717) is 12.8 Å². The summed E-state index contributed by atoms with van der Waals surface area (Å²) in [6.07, 6.45) is 0.816. The Kier molecular flexibility index (Phi) is 10.7. The molecule has 31 heavy (non-hydrogen) atoms. The van der Waals surface area contributed by atoms with E-state index in [2.05, 4.69) is 0 Å². The molecule has 0 N–H and O–H groups in total. The van der Waals surface area contributed by atoms with Crippen molar-refractivity contribution in [1.82, 2.24) is 0 Å². The van der Waals surface area contributed by atoms with Gasteiger partial charge >= 0.3 is 11.9 Å². The lowest BCUT2D eigenvalue weighted by molar-refractivity contribution is -0.143. The summed E-state index contributed by atoms with van der Waals surface area (Å²) >= 11 is 2.20. The highest BCUT2D eigenvalue weighted by atomic mass is 33.1. The Morgan fingerprint density at radius 2 is 1.13 bits per heavy atom. The highest BCUT2D eigenvalue weighted by Gasteiger charge is 2.35. The molecule has 0 aliphatic rings. The first-order valence-corrected chi connectivity index (χ1v) is 15.3. The molecule has 0 aliphatic carbocycles. The van der Waals surface area contributed by atoms with Gasteiger partial charge in [0.25, 0.3) is 0 Å². The Hall–Kier alpha value is -1.69. The number of esters is 2. The molecule has 0 radical (unpaired) electrons. The first-order valence-electron chi connectivity index (χ1n) is 10.2. The van der Waals surface area contributed by atoms with Crippen LogP contribution in [0.5, 0.6) is 0 Å². The third-order valence-electron chi connectivity index (χ3n) is 4.26. The van der Waals surface area contributed by atoms with Crippen LogP contribution in [0.1, 0.15) is 25.0 Å². The number of benzene rings is 2. The van der Waals surface area contributed by atoms with Crippen LogP contribution in [-0.4, -0.2) is 42.3 Å². The fourth-order valence-electron chi connectivity index (χ4n) is 2.94. The maximum absolute atomic E-state index is 13.5. The van der Waals surface area contributed by atoms with Gasteiger partial charge in [-0.15, -0.1) is 0 Å². The summed E-state index contributed by atoms with van der Waals surface area (Å²) in [4.78, 5) is 25.1. The van der Waals surface area contributed by atoms with E-state index in [1.54, 1.807) is 20.5 Å². The summed E-state index contributed by atoms with van der Waals surface area (Å²) in [7, 11) is 0. The number of carbonyl (C=O) groups excluding carboxylic acids is 2. The van der Waals surface area contributed by atoms with Crippen molar-refractivity contribution in [2.75, 3.05) is 19.9 Å². The van der Waals surface area contributed by atoms with E-state index in [1.165, 1.54) is 0 Å². The van der Waals surface area contributed by atoms with Gasteiger partial charge in [-0.25, -0.2) is 0 Å². The number of hydrogen-bond acceptors (Lipinski definition) is 7. The molecule has 2 unspecified atom stereocenters. The van der Waals surface area contributed by atoms with E-state index in [0.717, 1.165) is 33.9 Å². The zero-order valence-corrected chi connectivity index (χ0v) is 20.6. The van der Waals surface area contributed by atoms with Gasteiger partial charge in [-0.05, 0) is 37.8 Å². The summed E-state index contributed by atoms with van der Waals surface area (Å²) in [6.45, 7) is 5.62. The second kappa shape index (κ2) is 13.0. The molecule has 5 nitrogen and oxygen atoms in total. The topological polar surface area (TPSA) is 69.7 Å². The zero-order chi connectivity index (χ0) is 22.7. The minimum absolute atomic E-state index is 0.255. The van der Waals surface area contributed by atoms with Crippen LogP contribution in [0, 0.1) is 0 Å².